The maximum atomic E-state index is 13.0. The van der Waals surface area contributed by atoms with Crippen molar-refractivity contribution in [2.45, 2.75) is 12.6 Å². The summed E-state index contributed by atoms with van der Waals surface area (Å²) >= 11 is 5.55. The van der Waals surface area contributed by atoms with Crippen LogP contribution in [-0.2, 0) is 22.2 Å². The van der Waals surface area contributed by atoms with E-state index in [1.807, 2.05) is 5.32 Å². The van der Waals surface area contributed by atoms with E-state index in [0.29, 0.717) is 12.5 Å². The largest absolute Gasteiger partial charge is 0.508 e. The van der Waals surface area contributed by atoms with E-state index in [2.05, 4.69) is 5.32 Å². The van der Waals surface area contributed by atoms with Crippen LogP contribution in [0.15, 0.2) is 42.5 Å². The van der Waals surface area contributed by atoms with Gasteiger partial charge in [0.05, 0.1) is 11.3 Å². The highest BCUT2D eigenvalue weighted by atomic mass is 35.5. The summed E-state index contributed by atoms with van der Waals surface area (Å²) in [5.74, 6) is -2.18. The van der Waals surface area contributed by atoms with Crippen LogP contribution in [-0.4, -0.2) is 23.5 Å². The highest BCUT2D eigenvalue weighted by Crippen LogP contribution is 2.36. The van der Waals surface area contributed by atoms with Crippen LogP contribution in [0.25, 0.3) is 0 Å². The van der Waals surface area contributed by atoms with Crippen LogP contribution in [0, 0.1) is 0 Å². The Morgan fingerprint density at radius 1 is 1.04 bits per heavy atom. The maximum Gasteiger partial charge on any atom is 0.418 e. The molecule has 0 aliphatic rings. The molecular formula is C17H14ClF3N2O3. The predicted molar refractivity (Wildman–Crippen MR) is 89.9 cm³/mol. The molecule has 0 aliphatic carbocycles. The molecule has 0 radical (unpaired) electrons. The number of phenolic OH excluding ortho intramolecular Hbond substituents is 1. The van der Waals surface area contributed by atoms with Crippen LogP contribution in [0.5, 0.6) is 5.75 Å². The normalized spacial score (nSPS) is 11.1. The van der Waals surface area contributed by atoms with Gasteiger partial charge in [0.15, 0.2) is 0 Å². The second-order valence-electron chi connectivity index (χ2n) is 5.31. The zero-order chi connectivity index (χ0) is 19.3. The van der Waals surface area contributed by atoms with Crippen molar-refractivity contribution in [3.8, 4) is 5.75 Å². The molecule has 0 fully saturated rings. The van der Waals surface area contributed by atoms with Gasteiger partial charge in [-0.2, -0.15) is 13.2 Å². The molecule has 0 bridgehead atoms. The summed E-state index contributed by atoms with van der Waals surface area (Å²) in [5, 5.41) is 13.3. The first-order valence-corrected chi connectivity index (χ1v) is 7.78. The Bertz CT molecular complexity index is 808. The molecule has 0 aliphatic heterocycles. The number of phenols is 1. The van der Waals surface area contributed by atoms with Gasteiger partial charge in [0.25, 0.3) is 0 Å². The highest BCUT2D eigenvalue weighted by molar-refractivity contribution is 6.39. The number of alkyl halides is 3. The van der Waals surface area contributed by atoms with Crippen molar-refractivity contribution >= 4 is 29.1 Å². The molecule has 3 N–H and O–H groups in total. The molecule has 2 rings (SSSR count). The quantitative estimate of drug-likeness (QED) is 0.705. The number of aromatic hydroxyl groups is 1. The molecule has 0 saturated heterocycles. The van der Waals surface area contributed by atoms with Crippen molar-refractivity contribution < 1.29 is 27.9 Å². The number of hydrogen-bond acceptors (Lipinski definition) is 3. The van der Waals surface area contributed by atoms with E-state index >= 15 is 0 Å². The summed E-state index contributed by atoms with van der Waals surface area (Å²) in [6, 6.07) is 9.06. The lowest BCUT2D eigenvalue weighted by molar-refractivity contribution is -0.138. The van der Waals surface area contributed by atoms with E-state index in [0.717, 1.165) is 11.6 Å². The molecule has 26 heavy (non-hydrogen) atoms. The number of amides is 2. The fourth-order valence-electron chi connectivity index (χ4n) is 2.10. The Balaban J connectivity index is 1.95. The van der Waals surface area contributed by atoms with Crippen molar-refractivity contribution in [2.24, 2.45) is 0 Å². The lowest BCUT2D eigenvalue weighted by atomic mass is 10.1. The first-order chi connectivity index (χ1) is 12.2. The summed E-state index contributed by atoms with van der Waals surface area (Å²) in [6.07, 6.45) is -4.35. The van der Waals surface area contributed by atoms with Crippen LogP contribution in [0.4, 0.5) is 18.9 Å². The molecule has 0 unspecified atom stereocenters. The van der Waals surface area contributed by atoms with E-state index in [9.17, 15) is 22.8 Å². The molecule has 0 aromatic heterocycles. The van der Waals surface area contributed by atoms with Crippen molar-refractivity contribution in [1.82, 2.24) is 5.32 Å². The van der Waals surface area contributed by atoms with Gasteiger partial charge in [-0.25, -0.2) is 0 Å². The third-order valence-electron chi connectivity index (χ3n) is 3.38. The van der Waals surface area contributed by atoms with Gasteiger partial charge in [0.2, 0.25) is 0 Å². The van der Waals surface area contributed by atoms with Gasteiger partial charge in [-0.1, -0.05) is 23.7 Å². The molecule has 0 saturated carbocycles. The monoisotopic (exact) mass is 386 g/mol. The Labute approximate surface area is 151 Å². The average Bonchev–Trinajstić information content (AvgIpc) is 2.57. The van der Waals surface area contributed by atoms with Crippen molar-refractivity contribution in [3.63, 3.8) is 0 Å². The maximum absolute atomic E-state index is 13.0. The standard InChI is InChI=1S/C17H14ClF3N2O3/c18-11-3-6-14(13(9-11)17(19,20)21)23-16(26)15(25)22-8-7-10-1-4-12(24)5-2-10/h1-6,9,24H,7-8H2,(H,22,25)(H,23,26). The van der Waals surface area contributed by atoms with Gasteiger partial charge in [-0.3, -0.25) is 9.59 Å². The number of halogens is 4. The van der Waals surface area contributed by atoms with E-state index in [1.54, 1.807) is 12.1 Å². The lowest BCUT2D eigenvalue weighted by Gasteiger charge is -2.14. The Kier molecular flexibility index (Phi) is 6.10. The predicted octanol–water partition coefficient (Wildman–Crippen LogP) is 3.36. The van der Waals surface area contributed by atoms with Crippen LogP contribution in [0.2, 0.25) is 5.02 Å². The molecule has 0 heterocycles. The van der Waals surface area contributed by atoms with Crippen LogP contribution in [0.3, 0.4) is 0 Å². The second-order valence-corrected chi connectivity index (χ2v) is 5.75. The SMILES string of the molecule is O=C(NCCc1ccc(O)cc1)C(=O)Nc1ccc(Cl)cc1C(F)(F)F. The Morgan fingerprint density at radius 2 is 1.69 bits per heavy atom. The van der Waals surface area contributed by atoms with Gasteiger partial charge < -0.3 is 15.7 Å². The first-order valence-electron chi connectivity index (χ1n) is 7.40. The van der Waals surface area contributed by atoms with Crippen molar-refractivity contribution in [3.05, 3.63) is 58.6 Å². The minimum Gasteiger partial charge on any atom is -0.508 e. The number of rotatable bonds is 4. The number of carbonyl (C=O) groups excluding carboxylic acids is 2. The number of anilines is 1. The van der Waals surface area contributed by atoms with E-state index < -0.39 is 29.2 Å². The van der Waals surface area contributed by atoms with Crippen molar-refractivity contribution in [1.29, 1.82) is 0 Å². The van der Waals surface area contributed by atoms with Gasteiger partial charge in [0.1, 0.15) is 5.75 Å². The summed E-state index contributed by atoms with van der Waals surface area (Å²) in [7, 11) is 0. The van der Waals surface area contributed by atoms with Gasteiger partial charge >= 0.3 is 18.0 Å². The second kappa shape index (κ2) is 8.09. The number of hydrogen-bond donors (Lipinski definition) is 3. The number of nitrogens with one attached hydrogen (secondary N) is 2. The third-order valence-corrected chi connectivity index (χ3v) is 3.61. The van der Waals surface area contributed by atoms with Crippen LogP contribution in [0.1, 0.15) is 11.1 Å². The number of benzene rings is 2. The summed E-state index contributed by atoms with van der Waals surface area (Å²) in [4.78, 5) is 23.6. The zero-order valence-corrected chi connectivity index (χ0v) is 14.0. The molecule has 138 valence electrons. The van der Waals surface area contributed by atoms with Gasteiger partial charge in [-0.05, 0) is 42.3 Å². The fraction of sp³-hybridized carbons (Fsp3) is 0.176. The minimum absolute atomic E-state index is 0.0978. The minimum atomic E-state index is -4.73. The molecule has 2 aromatic carbocycles. The molecule has 0 spiro atoms. The average molecular weight is 387 g/mol. The van der Waals surface area contributed by atoms with Crippen molar-refractivity contribution in [2.75, 3.05) is 11.9 Å². The third kappa shape index (κ3) is 5.38. The highest BCUT2D eigenvalue weighted by Gasteiger charge is 2.34. The van der Waals surface area contributed by atoms with Gasteiger partial charge in [0, 0.05) is 11.6 Å². The topological polar surface area (TPSA) is 78.4 Å². The summed E-state index contributed by atoms with van der Waals surface area (Å²) in [6.45, 7) is 0.101. The molecule has 2 aromatic rings. The Hall–Kier alpha value is -2.74. The molecule has 2 amide bonds. The zero-order valence-electron chi connectivity index (χ0n) is 13.2. The molecular weight excluding hydrogens is 373 g/mol. The summed E-state index contributed by atoms with van der Waals surface area (Å²) < 4.78 is 38.9. The van der Waals surface area contributed by atoms with Crippen LogP contribution >= 0.6 is 11.6 Å². The molecule has 5 nitrogen and oxygen atoms in total. The van der Waals surface area contributed by atoms with E-state index in [1.165, 1.54) is 18.2 Å². The van der Waals surface area contributed by atoms with E-state index in [4.69, 9.17) is 16.7 Å². The molecule has 0 atom stereocenters. The smallest absolute Gasteiger partial charge is 0.418 e. The lowest BCUT2D eigenvalue weighted by Crippen LogP contribution is -2.36. The van der Waals surface area contributed by atoms with Gasteiger partial charge in [-0.15, -0.1) is 0 Å². The van der Waals surface area contributed by atoms with E-state index in [-0.39, 0.29) is 17.3 Å². The first kappa shape index (κ1) is 19.6. The Morgan fingerprint density at radius 3 is 2.31 bits per heavy atom. The molecule has 9 heteroatoms. The summed E-state index contributed by atoms with van der Waals surface area (Å²) in [5.41, 5.74) is -0.892. The number of carbonyl (C=O) groups is 2. The van der Waals surface area contributed by atoms with Crippen LogP contribution < -0.4 is 10.6 Å². The fourth-order valence-corrected chi connectivity index (χ4v) is 2.27.